The van der Waals surface area contributed by atoms with E-state index in [1.807, 2.05) is 0 Å². The first-order valence-electron chi connectivity index (χ1n) is 6.50. The van der Waals surface area contributed by atoms with Crippen molar-refractivity contribution in [3.63, 3.8) is 0 Å². The minimum Gasteiger partial charge on any atom is -0.326 e. The largest absolute Gasteiger partial charge is 0.326 e. The number of halogens is 1. The summed E-state index contributed by atoms with van der Waals surface area (Å²) in [6.07, 6.45) is 2.36. The predicted molar refractivity (Wildman–Crippen MR) is 67.6 cm³/mol. The summed E-state index contributed by atoms with van der Waals surface area (Å²) in [6.45, 7) is 0.227. The second-order valence-electron chi connectivity index (χ2n) is 5.15. The SMILES string of the molecule is NCc1ccc(N2C(=O)C3CCCC3C2=O)c(F)c1. The zero-order valence-electron chi connectivity index (χ0n) is 10.4. The Morgan fingerprint density at radius 2 is 1.84 bits per heavy atom. The second kappa shape index (κ2) is 4.42. The number of anilines is 1. The molecule has 100 valence electrons. The molecule has 2 amide bonds. The molecule has 0 radical (unpaired) electrons. The summed E-state index contributed by atoms with van der Waals surface area (Å²) in [4.78, 5) is 25.5. The standard InChI is InChI=1S/C14H15FN2O2/c15-11-6-8(7-16)4-5-12(11)17-13(18)9-2-1-3-10(9)14(17)19/h4-6,9-10H,1-3,7,16H2. The van der Waals surface area contributed by atoms with Gasteiger partial charge in [-0.05, 0) is 30.5 Å². The van der Waals surface area contributed by atoms with Gasteiger partial charge in [0.2, 0.25) is 11.8 Å². The molecule has 0 spiro atoms. The van der Waals surface area contributed by atoms with Crippen LogP contribution in [0, 0.1) is 17.7 Å². The van der Waals surface area contributed by atoms with Crippen LogP contribution in [0.15, 0.2) is 18.2 Å². The number of hydrogen-bond donors (Lipinski definition) is 1. The number of hydrogen-bond acceptors (Lipinski definition) is 3. The van der Waals surface area contributed by atoms with Crippen molar-refractivity contribution in [1.29, 1.82) is 0 Å². The number of nitrogens with two attached hydrogens (primary N) is 1. The van der Waals surface area contributed by atoms with Crippen molar-refractivity contribution >= 4 is 17.5 Å². The molecule has 5 heteroatoms. The van der Waals surface area contributed by atoms with Gasteiger partial charge < -0.3 is 5.73 Å². The Morgan fingerprint density at radius 3 is 2.37 bits per heavy atom. The molecule has 2 atom stereocenters. The lowest BCUT2D eigenvalue weighted by molar-refractivity contribution is -0.122. The third-order valence-corrected chi connectivity index (χ3v) is 4.08. The molecule has 1 aliphatic heterocycles. The number of benzene rings is 1. The van der Waals surface area contributed by atoms with Crippen LogP contribution in [0.4, 0.5) is 10.1 Å². The van der Waals surface area contributed by atoms with Crippen LogP contribution >= 0.6 is 0 Å². The van der Waals surface area contributed by atoms with E-state index in [-0.39, 0.29) is 35.9 Å². The molecule has 1 saturated carbocycles. The lowest BCUT2D eigenvalue weighted by Gasteiger charge is -2.17. The van der Waals surface area contributed by atoms with Crippen LogP contribution in [0.1, 0.15) is 24.8 Å². The predicted octanol–water partition coefficient (Wildman–Crippen LogP) is 1.57. The molecule has 2 fully saturated rings. The van der Waals surface area contributed by atoms with Crippen LogP contribution < -0.4 is 10.6 Å². The van der Waals surface area contributed by atoms with Gasteiger partial charge in [-0.1, -0.05) is 12.5 Å². The van der Waals surface area contributed by atoms with E-state index in [0.29, 0.717) is 5.56 Å². The lowest BCUT2D eigenvalue weighted by Crippen LogP contribution is -2.32. The smallest absolute Gasteiger partial charge is 0.237 e. The molecule has 1 aromatic carbocycles. The second-order valence-corrected chi connectivity index (χ2v) is 5.15. The molecule has 0 aromatic heterocycles. The van der Waals surface area contributed by atoms with Crippen LogP contribution in [-0.4, -0.2) is 11.8 Å². The van der Waals surface area contributed by atoms with E-state index in [1.54, 1.807) is 6.07 Å². The summed E-state index contributed by atoms with van der Waals surface area (Å²) in [5.41, 5.74) is 6.13. The molecular weight excluding hydrogens is 247 g/mol. The van der Waals surface area contributed by atoms with Gasteiger partial charge in [0.25, 0.3) is 0 Å². The molecule has 0 bridgehead atoms. The monoisotopic (exact) mass is 262 g/mol. The van der Waals surface area contributed by atoms with Crippen LogP contribution in [0.3, 0.4) is 0 Å². The average Bonchev–Trinajstić information content (AvgIpc) is 2.96. The highest BCUT2D eigenvalue weighted by Crippen LogP contribution is 2.42. The molecule has 19 heavy (non-hydrogen) atoms. The van der Waals surface area contributed by atoms with E-state index in [1.165, 1.54) is 12.1 Å². The van der Waals surface area contributed by atoms with Crippen LogP contribution in [-0.2, 0) is 16.1 Å². The summed E-state index contributed by atoms with van der Waals surface area (Å²) in [5, 5.41) is 0. The zero-order valence-corrected chi connectivity index (χ0v) is 10.4. The molecule has 2 aliphatic rings. The molecular formula is C14H15FN2O2. The van der Waals surface area contributed by atoms with Gasteiger partial charge in [-0.3, -0.25) is 9.59 Å². The summed E-state index contributed by atoms with van der Waals surface area (Å²) >= 11 is 0. The first kappa shape index (κ1) is 12.3. The molecule has 1 aliphatic carbocycles. The third kappa shape index (κ3) is 1.76. The van der Waals surface area contributed by atoms with Gasteiger partial charge in [-0.15, -0.1) is 0 Å². The van der Waals surface area contributed by atoms with Crippen molar-refractivity contribution in [2.45, 2.75) is 25.8 Å². The van der Waals surface area contributed by atoms with Crippen LogP contribution in [0.5, 0.6) is 0 Å². The minimum absolute atomic E-state index is 0.0570. The molecule has 3 rings (SSSR count). The number of amides is 2. The van der Waals surface area contributed by atoms with E-state index in [4.69, 9.17) is 5.73 Å². The Labute approximate surface area is 110 Å². The highest BCUT2D eigenvalue weighted by atomic mass is 19.1. The van der Waals surface area contributed by atoms with Gasteiger partial charge in [0.05, 0.1) is 17.5 Å². The number of fused-ring (bicyclic) bond motifs is 1. The van der Waals surface area contributed by atoms with E-state index < -0.39 is 5.82 Å². The maximum Gasteiger partial charge on any atom is 0.237 e. The number of imide groups is 1. The summed E-state index contributed by atoms with van der Waals surface area (Å²) in [7, 11) is 0. The first-order valence-corrected chi connectivity index (χ1v) is 6.50. The number of rotatable bonds is 2. The van der Waals surface area contributed by atoms with Crippen LogP contribution in [0.25, 0.3) is 0 Å². The van der Waals surface area contributed by atoms with Gasteiger partial charge in [-0.2, -0.15) is 0 Å². The van der Waals surface area contributed by atoms with Gasteiger partial charge in [0, 0.05) is 6.54 Å². The molecule has 1 aromatic rings. The molecule has 4 nitrogen and oxygen atoms in total. The molecule has 1 saturated heterocycles. The minimum atomic E-state index is -0.565. The van der Waals surface area contributed by atoms with E-state index in [0.717, 1.165) is 24.2 Å². The fourth-order valence-electron chi connectivity index (χ4n) is 3.09. The van der Waals surface area contributed by atoms with Gasteiger partial charge >= 0.3 is 0 Å². The van der Waals surface area contributed by atoms with E-state index in [2.05, 4.69) is 0 Å². The Morgan fingerprint density at radius 1 is 1.21 bits per heavy atom. The fraction of sp³-hybridized carbons (Fsp3) is 0.429. The highest BCUT2D eigenvalue weighted by Gasteiger charge is 2.50. The lowest BCUT2D eigenvalue weighted by atomic mass is 10.00. The van der Waals surface area contributed by atoms with E-state index >= 15 is 0 Å². The maximum atomic E-state index is 14.0. The Balaban J connectivity index is 1.98. The highest BCUT2D eigenvalue weighted by molar-refractivity contribution is 6.22. The Kier molecular flexibility index (Phi) is 2.86. The molecule has 2 N–H and O–H groups in total. The first-order chi connectivity index (χ1) is 9.13. The molecule has 1 heterocycles. The van der Waals surface area contributed by atoms with Gasteiger partial charge in [0.15, 0.2) is 0 Å². The molecule has 2 unspecified atom stereocenters. The Hall–Kier alpha value is -1.75. The van der Waals surface area contributed by atoms with Crippen molar-refractivity contribution < 1.29 is 14.0 Å². The van der Waals surface area contributed by atoms with Crippen molar-refractivity contribution in [3.05, 3.63) is 29.6 Å². The van der Waals surface area contributed by atoms with E-state index in [9.17, 15) is 14.0 Å². The number of carbonyl (C=O) groups is 2. The van der Waals surface area contributed by atoms with Crippen LogP contribution in [0.2, 0.25) is 0 Å². The van der Waals surface area contributed by atoms with Crippen molar-refractivity contribution in [2.75, 3.05) is 4.90 Å². The fourth-order valence-corrected chi connectivity index (χ4v) is 3.09. The maximum absolute atomic E-state index is 14.0. The van der Waals surface area contributed by atoms with Gasteiger partial charge in [-0.25, -0.2) is 9.29 Å². The summed E-state index contributed by atoms with van der Waals surface area (Å²) < 4.78 is 14.0. The number of nitrogens with zero attached hydrogens (tertiary/aromatic N) is 1. The zero-order chi connectivity index (χ0) is 13.6. The van der Waals surface area contributed by atoms with Crippen molar-refractivity contribution in [3.8, 4) is 0 Å². The normalized spacial score (nSPS) is 26.1. The quantitative estimate of drug-likeness (QED) is 0.823. The summed E-state index contributed by atoms with van der Waals surface area (Å²) in [6, 6.07) is 4.39. The third-order valence-electron chi connectivity index (χ3n) is 4.08. The average molecular weight is 262 g/mol. The topological polar surface area (TPSA) is 63.4 Å². The van der Waals surface area contributed by atoms with Gasteiger partial charge in [0.1, 0.15) is 5.82 Å². The Bertz CT molecular complexity index is 536. The number of carbonyl (C=O) groups excluding carboxylic acids is 2. The summed E-state index contributed by atoms with van der Waals surface area (Å²) in [5.74, 6) is -1.58. The van der Waals surface area contributed by atoms with Crippen molar-refractivity contribution in [1.82, 2.24) is 0 Å². The van der Waals surface area contributed by atoms with Crippen molar-refractivity contribution in [2.24, 2.45) is 17.6 Å².